The molecule has 6 atom stereocenters. The van der Waals surface area contributed by atoms with E-state index in [0.717, 1.165) is 122 Å². The first kappa shape index (κ1) is 68.7. The molecule has 0 bridgehead atoms. The van der Waals surface area contributed by atoms with E-state index in [1.54, 1.807) is 0 Å². The molecule has 0 aromatic heterocycles. The predicted molar refractivity (Wildman–Crippen MR) is 303 cm³/mol. The molecule has 3 N–H and O–H groups in total. The van der Waals surface area contributed by atoms with Crippen molar-refractivity contribution in [3.05, 3.63) is 97.2 Å². The molecule has 1 heterocycles. The molecule has 1 fully saturated rings. The minimum atomic E-state index is -1.92. The summed E-state index contributed by atoms with van der Waals surface area (Å²) in [6.45, 7) is 5.71. The van der Waals surface area contributed by atoms with Crippen molar-refractivity contribution in [3.8, 4) is 0 Å². The number of aliphatic hydroxyl groups excluding tert-OH is 2. The van der Waals surface area contributed by atoms with Crippen LogP contribution >= 0.6 is 0 Å². The van der Waals surface area contributed by atoms with Crippen molar-refractivity contribution in [2.45, 2.75) is 263 Å². The van der Waals surface area contributed by atoms with E-state index < -0.39 is 67.3 Å². The van der Waals surface area contributed by atoms with Gasteiger partial charge in [0.05, 0.1) is 6.61 Å². The van der Waals surface area contributed by atoms with Crippen molar-refractivity contribution in [2.24, 2.45) is 0 Å². The van der Waals surface area contributed by atoms with Crippen molar-refractivity contribution in [3.63, 3.8) is 0 Å². The fourth-order valence-electron chi connectivity index (χ4n) is 8.23. The zero-order valence-corrected chi connectivity index (χ0v) is 46.8. The van der Waals surface area contributed by atoms with E-state index in [1.165, 1.54) is 44.9 Å². The highest BCUT2D eigenvalue weighted by Gasteiger charge is 2.50. The monoisotopic (exact) mass is 1050 g/mol. The van der Waals surface area contributed by atoms with E-state index in [4.69, 9.17) is 23.7 Å². The van der Waals surface area contributed by atoms with Crippen LogP contribution in [0.4, 0.5) is 0 Å². The molecular weight excluding hydrogens is 949 g/mol. The number of unbranched alkanes of at least 4 members (excludes halogenated alkanes) is 18. The number of carbonyl (C=O) groups is 4. The highest BCUT2D eigenvalue weighted by atomic mass is 16.7. The molecule has 1 aliphatic rings. The standard InChI is InChI=1S/C63H102O12/c1-4-7-10-13-16-19-22-24-26-27-28-29-31-32-35-37-40-43-46-49-55(64)71-52-54(73-56(65)50-47-44-41-38-34-21-18-15-12-9-6-3)53-72-63-61(59(68)58(67)60(75-63)62(69)70)74-57(66)51-48-45-42-39-36-33-30-25-23-20-17-14-11-8-5-2/h7-8,10-11,16-17,19-20,24-26,28-30,32,35,54,58-61,63,67-68H,4-6,9,12-15,18,21-23,27,31,33-34,36-53H2,1-3H3,(H,69,70)/b10-7-,11-8-,19-16-,20-17-,26-24-,29-28-,30-25-,35-32-. The highest BCUT2D eigenvalue weighted by Crippen LogP contribution is 2.26. The summed E-state index contributed by atoms with van der Waals surface area (Å²) < 4.78 is 28.4. The second-order valence-corrected chi connectivity index (χ2v) is 19.5. The van der Waals surface area contributed by atoms with Gasteiger partial charge in [0.15, 0.2) is 24.6 Å². The minimum Gasteiger partial charge on any atom is -0.479 e. The molecule has 6 unspecified atom stereocenters. The molecular formula is C63H102O12. The van der Waals surface area contributed by atoms with Gasteiger partial charge in [-0.1, -0.05) is 208 Å². The van der Waals surface area contributed by atoms with Gasteiger partial charge in [0.2, 0.25) is 0 Å². The van der Waals surface area contributed by atoms with Gasteiger partial charge in [0, 0.05) is 19.3 Å². The molecule has 12 heteroatoms. The van der Waals surface area contributed by atoms with Gasteiger partial charge in [-0.25, -0.2) is 4.79 Å². The summed E-state index contributed by atoms with van der Waals surface area (Å²) in [6.07, 6.45) is 53.8. The van der Waals surface area contributed by atoms with Crippen molar-refractivity contribution in [2.75, 3.05) is 13.2 Å². The summed E-state index contributed by atoms with van der Waals surface area (Å²) in [4.78, 5) is 51.1. The third-order valence-corrected chi connectivity index (χ3v) is 12.7. The first-order valence-corrected chi connectivity index (χ1v) is 29.2. The van der Waals surface area contributed by atoms with Crippen LogP contribution < -0.4 is 0 Å². The molecule has 0 amide bonds. The Bertz CT molecular complexity index is 1670. The number of carboxylic acid groups (broad SMARTS) is 1. The topological polar surface area (TPSA) is 175 Å². The first-order valence-electron chi connectivity index (χ1n) is 29.2. The van der Waals surface area contributed by atoms with Gasteiger partial charge >= 0.3 is 23.9 Å². The van der Waals surface area contributed by atoms with E-state index in [2.05, 4.69) is 118 Å². The zero-order valence-electron chi connectivity index (χ0n) is 46.8. The van der Waals surface area contributed by atoms with Crippen LogP contribution in [0.15, 0.2) is 97.2 Å². The maximum absolute atomic E-state index is 13.1. The lowest BCUT2D eigenvalue weighted by atomic mass is 9.98. The lowest BCUT2D eigenvalue weighted by Gasteiger charge is -2.40. The molecule has 1 rings (SSSR count). The van der Waals surface area contributed by atoms with Crippen LogP contribution in [0.1, 0.15) is 226 Å². The zero-order chi connectivity index (χ0) is 54.7. The molecule has 0 spiro atoms. The van der Waals surface area contributed by atoms with Crippen LogP contribution in [0.2, 0.25) is 0 Å². The number of hydrogen-bond donors (Lipinski definition) is 3. The maximum Gasteiger partial charge on any atom is 0.335 e. The lowest BCUT2D eigenvalue weighted by Crippen LogP contribution is -2.61. The first-order chi connectivity index (χ1) is 36.6. The Morgan fingerprint density at radius 3 is 1.29 bits per heavy atom. The summed E-state index contributed by atoms with van der Waals surface area (Å²) in [5, 5.41) is 31.4. The Hall–Kier alpha value is -4.36. The molecule has 426 valence electrons. The molecule has 75 heavy (non-hydrogen) atoms. The number of rotatable bonds is 48. The fourth-order valence-corrected chi connectivity index (χ4v) is 8.23. The van der Waals surface area contributed by atoms with Crippen LogP contribution in [0.3, 0.4) is 0 Å². The van der Waals surface area contributed by atoms with Crippen LogP contribution in [0.25, 0.3) is 0 Å². The molecule has 0 aromatic carbocycles. The number of hydrogen-bond acceptors (Lipinski definition) is 11. The summed E-state index contributed by atoms with van der Waals surface area (Å²) in [5.74, 6) is -3.19. The van der Waals surface area contributed by atoms with Crippen LogP contribution in [0.5, 0.6) is 0 Å². The fraction of sp³-hybridized carbons (Fsp3) is 0.683. The molecule has 0 radical (unpaired) electrons. The summed E-state index contributed by atoms with van der Waals surface area (Å²) in [7, 11) is 0. The quantitative estimate of drug-likeness (QED) is 0.0228. The molecule has 1 saturated heterocycles. The van der Waals surface area contributed by atoms with Gasteiger partial charge in [0.25, 0.3) is 0 Å². The highest BCUT2D eigenvalue weighted by molar-refractivity contribution is 5.74. The summed E-state index contributed by atoms with van der Waals surface area (Å²) in [5.41, 5.74) is 0. The number of ether oxygens (including phenoxy) is 5. The Morgan fingerprint density at radius 2 is 0.840 bits per heavy atom. The van der Waals surface area contributed by atoms with E-state index in [0.29, 0.717) is 19.3 Å². The van der Waals surface area contributed by atoms with Gasteiger partial charge in [-0.15, -0.1) is 0 Å². The van der Waals surface area contributed by atoms with Gasteiger partial charge < -0.3 is 39.0 Å². The summed E-state index contributed by atoms with van der Waals surface area (Å²) >= 11 is 0. The third kappa shape index (κ3) is 40.6. The van der Waals surface area contributed by atoms with E-state index in [1.807, 2.05) is 0 Å². The average molecular weight is 1050 g/mol. The van der Waals surface area contributed by atoms with E-state index >= 15 is 0 Å². The molecule has 12 nitrogen and oxygen atoms in total. The third-order valence-electron chi connectivity index (χ3n) is 12.7. The van der Waals surface area contributed by atoms with Crippen molar-refractivity contribution >= 4 is 23.9 Å². The van der Waals surface area contributed by atoms with Crippen molar-refractivity contribution in [1.29, 1.82) is 0 Å². The van der Waals surface area contributed by atoms with Crippen molar-refractivity contribution < 1.29 is 58.2 Å². The molecule has 1 aliphatic heterocycles. The molecule has 0 aromatic rings. The SMILES string of the molecule is CC/C=C\C/C=C\C/C=C\C/C=C\C/C=C\CCCCCC(=O)OCC(COC1OC(C(=O)O)C(O)C(O)C1OC(=O)CCCCCCC/C=C\C/C=C\C/C=C\CC)OC(=O)CCCCCCCCCCCCC. The minimum absolute atomic E-state index is 0.0344. The maximum atomic E-state index is 13.1. The Kier molecular flexibility index (Phi) is 46.2. The van der Waals surface area contributed by atoms with Crippen LogP contribution in [0, 0.1) is 0 Å². The Balaban J connectivity index is 2.71. The number of carbonyl (C=O) groups excluding carboxylic acids is 3. The Morgan fingerprint density at radius 1 is 0.453 bits per heavy atom. The number of allylic oxidation sites excluding steroid dienone is 16. The number of esters is 3. The summed E-state index contributed by atoms with van der Waals surface area (Å²) in [6, 6.07) is 0. The predicted octanol–water partition coefficient (Wildman–Crippen LogP) is 14.9. The van der Waals surface area contributed by atoms with Gasteiger partial charge in [-0.05, 0) is 96.3 Å². The Labute approximate surface area is 453 Å². The smallest absolute Gasteiger partial charge is 0.335 e. The van der Waals surface area contributed by atoms with Crippen molar-refractivity contribution in [1.82, 2.24) is 0 Å². The van der Waals surface area contributed by atoms with Gasteiger partial charge in [-0.2, -0.15) is 0 Å². The van der Waals surface area contributed by atoms with Gasteiger partial charge in [-0.3, -0.25) is 14.4 Å². The number of aliphatic carboxylic acids is 1. The van der Waals surface area contributed by atoms with Gasteiger partial charge in [0.1, 0.15) is 18.8 Å². The second kappa shape index (κ2) is 50.5. The average Bonchev–Trinajstić information content (AvgIpc) is 3.39. The number of aliphatic hydroxyl groups is 2. The second-order valence-electron chi connectivity index (χ2n) is 19.5. The van der Waals surface area contributed by atoms with Crippen LogP contribution in [-0.2, 0) is 42.9 Å². The lowest BCUT2D eigenvalue weighted by molar-refractivity contribution is -0.301. The molecule has 0 aliphatic carbocycles. The van der Waals surface area contributed by atoms with Crippen LogP contribution in [-0.4, -0.2) is 89.2 Å². The van der Waals surface area contributed by atoms with E-state index in [-0.39, 0.29) is 25.9 Å². The normalized spacial score (nSPS) is 18.9. The number of carboxylic acids is 1. The largest absolute Gasteiger partial charge is 0.479 e. The van der Waals surface area contributed by atoms with E-state index in [9.17, 15) is 34.5 Å². The molecule has 0 saturated carbocycles.